The van der Waals surface area contributed by atoms with Gasteiger partial charge >= 0.3 is 0 Å². The number of nitrogens with zero attached hydrogens (tertiary/aromatic N) is 1. The van der Waals surface area contributed by atoms with E-state index >= 15 is 0 Å². The number of rotatable bonds is 9. The molecule has 1 atom stereocenters. The summed E-state index contributed by atoms with van der Waals surface area (Å²) in [4.78, 5) is 14.0. The minimum atomic E-state index is -3.23. The molecule has 0 unspecified atom stereocenters. The van der Waals surface area contributed by atoms with Crippen molar-refractivity contribution in [2.24, 2.45) is 5.92 Å². The second-order valence-electron chi connectivity index (χ2n) is 5.90. The van der Waals surface area contributed by atoms with E-state index in [4.69, 9.17) is 4.74 Å². The summed E-state index contributed by atoms with van der Waals surface area (Å²) in [6.07, 6.45) is 3.77. The second kappa shape index (κ2) is 8.91. The molecule has 0 N–H and O–H groups in total. The third-order valence-electron chi connectivity index (χ3n) is 3.66. The molecule has 0 saturated heterocycles. The molecular weight excluding hydrogens is 314 g/mol. The zero-order valence-corrected chi connectivity index (χ0v) is 15.2. The number of amides is 1. The number of hydrogen-bond acceptors (Lipinski definition) is 4. The SMILES string of the molecule is CCC[C@@H](C)C(=O)N(C)CCCOc1cccc(S(C)(=O)=O)c1. The number of carbonyl (C=O) groups is 1. The van der Waals surface area contributed by atoms with E-state index in [1.807, 2.05) is 6.92 Å². The lowest BCUT2D eigenvalue weighted by Crippen LogP contribution is -2.33. The summed E-state index contributed by atoms with van der Waals surface area (Å²) in [5.74, 6) is 0.740. The van der Waals surface area contributed by atoms with Gasteiger partial charge in [0.05, 0.1) is 11.5 Å². The van der Waals surface area contributed by atoms with Crippen LogP contribution in [-0.4, -0.2) is 45.7 Å². The fraction of sp³-hybridized carbons (Fsp3) is 0.588. The molecule has 0 aliphatic heterocycles. The Morgan fingerprint density at radius 2 is 2.04 bits per heavy atom. The lowest BCUT2D eigenvalue weighted by molar-refractivity contribution is -0.133. The second-order valence-corrected chi connectivity index (χ2v) is 7.91. The lowest BCUT2D eigenvalue weighted by Gasteiger charge is -2.21. The number of ether oxygens (including phenoxy) is 1. The van der Waals surface area contributed by atoms with Gasteiger partial charge in [0.25, 0.3) is 0 Å². The minimum Gasteiger partial charge on any atom is -0.493 e. The summed E-state index contributed by atoms with van der Waals surface area (Å²) in [6.45, 7) is 5.09. The normalized spacial score (nSPS) is 12.7. The first-order valence-electron chi connectivity index (χ1n) is 7.93. The van der Waals surface area contributed by atoms with Crippen LogP contribution in [0.1, 0.15) is 33.1 Å². The van der Waals surface area contributed by atoms with Crippen LogP contribution in [0.4, 0.5) is 0 Å². The van der Waals surface area contributed by atoms with E-state index in [0.717, 1.165) is 12.8 Å². The molecule has 0 heterocycles. The number of carbonyl (C=O) groups excluding carboxylic acids is 1. The van der Waals surface area contributed by atoms with E-state index < -0.39 is 9.84 Å². The van der Waals surface area contributed by atoms with Crippen molar-refractivity contribution in [2.45, 2.75) is 38.0 Å². The highest BCUT2D eigenvalue weighted by Gasteiger charge is 2.16. The molecule has 0 saturated carbocycles. The van der Waals surface area contributed by atoms with Gasteiger partial charge in [-0.3, -0.25) is 4.79 Å². The highest BCUT2D eigenvalue weighted by Crippen LogP contribution is 2.17. The maximum absolute atomic E-state index is 12.1. The molecule has 130 valence electrons. The minimum absolute atomic E-state index is 0.0531. The summed E-state index contributed by atoms with van der Waals surface area (Å²) < 4.78 is 28.6. The maximum atomic E-state index is 12.1. The van der Waals surface area contributed by atoms with Crippen LogP contribution >= 0.6 is 0 Å². The summed E-state index contributed by atoms with van der Waals surface area (Å²) in [5, 5.41) is 0. The molecule has 6 heteroatoms. The molecule has 23 heavy (non-hydrogen) atoms. The van der Waals surface area contributed by atoms with Crippen LogP contribution in [0.15, 0.2) is 29.2 Å². The van der Waals surface area contributed by atoms with Crippen LogP contribution in [0.2, 0.25) is 0 Å². The van der Waals surface area contributed by atoms with E-state index in [0.29, 0.717) is 25.3 Å². The van der Waals surface area contributed by atoms with Crippen LogP contribution in [0.5, 0.6) is 5.75 Å². The fourth-order valence-corrected chi connectivity index (χ4v) is 2.99. The number of benzene rings is 1. The van der Waals surface area contributed by atoms with Crippen LogP contribution in [0.25, 0.3) is 0 Å². The summed E-state index contributed by atoms with van der Waals surface area (Å²) in [5.41, 5.74) is 0. The van der Waals surface area contributed by atoms with Crippen molar-refractivity contribution in [3.8, 4) is 5.75 Å². The van der Waals surface area contributed by atoms with Gasteiger partial charge in [0.1, 0.15) is 5.75 Å². The smallest absolute Gasteiger partial charge is 0.225 e. The van der Waals surface area contributed by atoms with Crippen molar-refractivity contribution in [2.75, 3.05) is 26.5 Å². The maximum Gasteiger partial charge on any atom is 0.225 e. The number of hydrogen-bond donors (Lipinski definition) is 0. The highest BCUT2D eigenvalue weighted by atomic mass is 32.2. The van der Waals surface area contributed by atoms with Crippen LogP contribution in [0.3, 0.4) is 0 Å². The third kappa shape index (κ3) is 6.60. The standard InChI is InChI=1S/C17H27NO4S/c1-5-8-14(2)17(19)18(3)11-7-12-22-15-9-6-10-16(13-15)23(4,20)21/h6,9-10,13-14H,5,7-8,11-12H2,1-4H3/t14-/m1/s1. The molecule has 0 aliphatic carbocycles. The van der Waals surface area contributed by atoms with Gasteiger partial charge in [-0.2, -0.15) is 0 Å². The largest absolute Gasteiger partial charge is 0.493 e. The Kier molecular flexibility index (Phi) is 7.55. The Balaban J connectivity index is 2.42. The van der Waals surface area contributed by atoms with Crippen LogP contribution in [0, 0.1) is 5.92 Å². The molecule has 1 aromatic carbocycles. The van der Waals surface area contributed by atoms with Crippen LogP contribution < -0.4 is 4.74 Å². The Bertz CT molecular complexity index is 613. The average molecular weight is 341 g/mol. The summed E-state index contributed by atoms with van der Waals surface area (Å²) in [6, 6.07) is 6.46. The molecule has 0 spiro atoms. The lowest BCUT2D eigenvalue weighted by atomic mass is 10.1. The molecule has 0 bridgehead atoms. The van der Waals surface area contributed by atoms with Gasteiger partial charge in [0.15, 0.2) is 9.84 Å². The van der Waals surface area contributed by atoms with Crippen LogP contribution in [-0.2, 0) is 14.6 Å². The molecule has 0 aliphatic rings. The van der Waals surface area contributed by atoms with Gasteiger partial charge in [-0.25, -0.2) is 8.42 Å². The first-order valence-corrected chi connectivity index (χ1v) is 9.82. The first-order chi connectivity index (χ1) is 10.8. The zero-order chi connectivity index (χ0) is 17.5. The zero-order valence-electron chi connectivity index (χ0n) is 14.4. The van der Waals surface area contributed by atoms with E-state index in [2.05, 4.69) is 6.92 Å². The van der Waals surface area contributed by atoms with Crippen molar-refractivity contribution >= 4 is 15.7 Å². The quantitative estimate of drug-likeness (QED) is 0.648. The average Bonchev–Trinajstić information content (AvgIpc) is 2.50. The van der Waals surface area contributed by atoms with E-state index in [1.165, 1.54) is 12.3 Å². The molecule has 1 amide bonds. The van der Waals surface area contributed by atoms with Gasteiger partial charge in [-0.05, 0) is 31.0 Å². The van der Waals surface area contributed by atoms with Crippen molar-refractivity contribution in [1.82, 2.24) is 4.90 Å². The van der Waals surface area contributed by atoms with Gasteiger partial charge in [-0.1, -0.05) is 26.3 Å². The summed E-state index contributed by atoms with van der Waals surface area (Å²) in [7, 11) is -1.42. The molecular formula is C17H27NO4S. The monoisotopic (exact) mass is 341 g/mol. The van der Waals surface area contributed by atoms with Crippen molar-refractivity contribution in [3.63, 3.8) is 0 Å². The molecule has 0 aromatic heterocycles. The topological polar surface area (TPSA) is 63.7 Å². The number of sulfone groups is 1. The predicted octanol–water partition coefficient (Wildman–Crippen LogP) is 2.75. The van der Waals surface area contributed by atoms with Gasteiger partial charge in [0, 0.05) is 25.8 Å². The predicted molar refractivity (Wildman–Crippen MR) is 91.4 cm³/mol. The van der Waals surface area contributed by atoms with Crippen molar-refractivity contribution in [1.29, 1.82) is 0 Å². The first kappa shape index (κ1) is 19.5. The highest BCUT2D eigenvalue weighted by molar-refractivity contribution is 7.90. The Labute approximate surface area is 139 Å². The molecule has 0 radical (unpaired) electrons. The van der Waals surface area contributed by atoms with Crippen molar-refractivity contribution in [3.05, 3.63) is 24.3 Å². The summed E-state index contributed by atoms with van der Waals surface area (Å²) >= 11 is 0. The van der Waals surface area contributed by atoms with Gasteiger partial charge in [0.2, 0.25) is 5.91 Å². The molecule has 1 rings (SSSR count). The Hall–Kier alpha value is -1.56. The Morgan fingerprint density at radius 3 is 2.65 bits per heavy atom. The Morgan fingerprint density at radius 1 is 1.35 bits per heavy atom. The third-order valence-corrected chi connectivity index (χ3v) is 4.77. The van der Waals surface area contributed by atoms with Crippen molar-refractivity contribution < 1.29 is 17.9 Å². The van der Waals surface area contributed by atoms with E-state index in [1.54, 1.807) is 30.1 Å². The van der Waals surface area contributed by atoms with Gasteiger partial charge < -0.3 is 9.64 Å². The molecule has 1 aromatic rings. The fourth-order valence-electron chi connectivity index (χ4n) is 2.33. The van der Waals surface area contributed by atoms with E-state index in [9.17, 15) is 13.2 Å². The molecule has 0 fully saturated rings. The van der Waals surface area contributed by atoms with E-state index in [-0.39, 0.29) is 16.7 Å². The van der Waals surface area contributed by atoms with Gasteiger partial charge in [-0.15, -0.1) is 0 Å². The molecule has 5 nitrogen and oxygen atoms in total.